The van der Waals surface area contributed by atoms with Gasteiger partial charge in [0.2, 0.25) is 6.79 Å². The van der Waals surface area contributed by atoms with Crippen LogP contribution in [-0.2, 0) is 6.54 Å². The normalized spacial score (nSPS) is 15.5. The number of hydrogen-bond donors (Lipinski definition) is 3. The Kier molecular flexibility index (Phi) is 4.46. The number of nitrogens with two attached hydrogens (primary N) is 1. The molecule has 2 rings (SSSR count). The Bertz CT molecular complexity index is 462. The van der Waals surface area contributed by atoms with Gasteiger partial charge >= 0.3 is 0 Å². The number of nitrogens with one attached hydrogen (secondary N) is 1. The molecule has 1 heterocycles. The van der Waals surface area contributed by atoms with Gasteiger partial charge in [0.15, 0.2) is 11.5 Å². The number of nitrogens with zero attached hydrogens (tertiary/aromatic N) is 1. The molecule has 4 N–H and O–H groups in total. The van der Waals surface area contributed by atoms with Crippen molar-refractivity contribution in [2.75, 3.05) is 6.79 Å². The third kappa shape index (κ3) is 3.51. The molecule has 1 unspecified atom stereocenters. The third-order valence-corrected chi connectivity index (χ3v) is 3.11. The van der Waals surface area contributed by atoms with Gasteiger partial charge in [0.25, 0.3) is 0 Å². The van der Waals surface area contributed by atoms with Crippen molar-refractivity contribution < 1.29 is 14.7 Å². The van der Waals surface area contributed by atoms with E-state index in [9.17, 15) is 0 Å². The third-order valence-electron chi connectivity index (χ3n) is 3.11. The zero-order chi connectivity index (χ0) is 13.7. The van der Waals surface area contributed by atoms with Crippen LogP contribution in [0.4, 0.5) is 0 Å². The van der Waals surface area contributed by atoms with Gasteiger partial charge in [0, 0.05) is 19.0 Å². The minimum atomic E-state index is 0.182. The van der Waals surface area contributed by atoms with E-state index < -0.39 is 0 Å². The van der Waals surface area contributed by atoms with E-state index in [1.807, 2.05) is 18.2 Å². The molecule has 0 amide bonds. The van der Waals surface area contributed by atoms with Crippen molar-refractivity contribution in [1.82, 2.24) is 5.32 Å². The van der Waals surface area contributed by atoms with Crippen LogP contribution in [0.1, 0.15) is 25.3 Å². The van der Waals surface area contributed by atoms with Gasteiger partial charge in [-0.25, -0.2) is 0 Å². The molecule has 19 heavy (non-hydrogen) atoms. The van der Waals surface area contributed by atoms with E-state index in [1.54, 1.807) is 0 Å². The molecule has 1 atom stereocenters. The van der Waals surface area contributed by atoms with Crippen LogP contribution in [0.5, 0.6) is 11.5 Å². The number of hydrogen-bond acceptors (Lipinski definition) is 5. The fourth-order valence-corrected chi connectivity index (χ4v) is 1.97. The highest BCUT2D eigenvalue weighted by molar-refractivity contribution is 5.80. The van der Waals surface area contributed by atoms with Crippen LogP contribution < -0.4 is 20.5 Å². The summed E-state index contributed by atoms with van der Waals surface area (Å²) >= 11 is 0. The van der Waals surface area contributed by atoms with Crippen molar-refractivity contribution in [2.24, 2.45) is 10.9 Å². The molecule has 0 aliphatic carbocycles. The average molecular weight is 265 g/mol. The summed E-state index contributed by atoms with van der Waals surface area (Å²) < 4.78 is 10.6. The SMILES string of the molecule is CCC(CC(N)=NO)NCc1ccc2c(c1)OCO2. The van der Waals surface area contributed by atoms with Crippen LogP contribution in [-0.4, -0.2) is 23.9 Å². The summed E-state index contributed by atoms with van der Waals surface area (Å²) in [5.74, 6) is 1.81. The summed E-state index contributed by atoms with van der Waals surface area (Å²) in [4.78, 5) is 0. The predicted octanol–water partition coefficient (Wildman–Crippen LogP) is 1.42. The standard InChI is InChI=1S/C13H19N3O3/c1-2-10(6-13(14)16-17)15-7-9-3-4-11-12(5-9)19-8-18-11/h3-5,10,15,17H,2,6-8H2,1H3,(H2,14,16). The van der Waals surface area contributed by atoms with E-state index in [-0.39, 0.29) is 18.7 Å². The molecule has 0 spiro atoms. The minimum absolute atomic E-state index is 0.182. The molecule has 0 radical (unpaired) electrons. The van der Waals surface area contributed by atoms with Crippen molar-refractivity contribution in [3.63, 3.8) is 0 Å². The molecule has 1 aromatic carbocycles. The number of oxime groups is 1. The molecule has 1 aliphatic heterocycles. The van der Waals surface area contributed by atoms with E-state index >= 15 is 0 Å². The Balaban J connectivity index is 1.90. The van der Waals surface area contributed by atoms with Crippen molar-refractivity contribution >= 4 is 5.84 Å². The Morgan fingerprint density at radius 1 is 1.47 bits per heavy atom. The molecular formula is C13H19N3O3. The lowest BCUT2D eigenvalue weighted by atomic mass is 10.1. The lowest BCUT2D eigenvalue weighted by molar-refractivity contribution is 0.174. The van der Waals surface area contributed by atoms with E-state index in [1.165, 1.54) is 0 Å². The molecule has 0 bridgehead atoms. The van der Waals surface area contributed by atoms with Crippen LogP contribution >= 0.6 is 0 Å². The highest BCUT2D eigenvalue weighted by Crippen LogP contribution is 2.32. The quantitative estimate of drug-likeness (QED) is 0.313. The summed E-state index contributed by atoms with van der Waals surface area (Å²) in [7, 11) is 0. The maximum Gasteiger partial charge on any atom is 0.231 e. The maximum absolute atomic E-state index is 8.57. The van der Waals surface area contributed by atoms with Gasteiger partial charge in [-0.05, 0) is 24.1 Å². The van der Waals surface area contributed by atoms with Gasteiger partial charge in [-0.1, -0.05) is 18.1 Å². The van der Waals surface area contributed by atoms with Gasteiger partial charge in [0.05, 0.1) is 0 Å². The van der Waals surface area contributed by atoms with Crippen molar-refractivity contribution in [3.05, 3.63) is 23.8 Å². The van der Waals surface area contributed by atoms with Crippen LogP contribution in [0.15, 0.2) is 23.4 Å². The molecule has 6 heteroatoms. The molecule has 0 saturated carbocycles. The second-order valence-electron chi connectivity index (χ2n) is 4.47. The summed E-state index contributed by atoms with van der Waals surface area (Å²) in [6, 6.07) is 6.05. The van der Waals surface area contributed by atoms with Gasteiger partial charge in [-0.15, -0.1) is 0 Å². The zero-order valence-corrected chi connectivity index (χ0v) is 10.9. The first-order valence-electron chi connectivity index (χ1n) is 6.31. The van der Waals surface area contributed by atoms with E-state index in [0.29, 0.717) is 13.0 Å². The first kappa shape index (κ1) is 13.5. The van der Waals surface area contributed by atoms with Crippen LogP contribution in [0.25, 0.3) is 0 Å². The number of fused-ring (bicyclic) bond motifs is 1. The molecule has 0 aromatic heterocycles. The lowest BCUT2D eigenvalue weighted by Crippen LogP contribution is -2.32. The minimum Gasteiger partial charge on any atom is -0.454 e. The lowest BCUT2D eigenvalue weighted by Gasteiger charge is -2.16. The largest absolute Gasteiger partial charge is 0.454 e. The molecule has 0 fully saturated rings. The smallest absolute Gasteiger partial charge is 0.231 e. The van der Waals surface area contributed by atoms with Crippen LogP contribution in [0.2, 0.25) is 0 Å². The second kappa shape index (κ2) is 6.29. The molecule has 1 aliphatic rings. The second-order valence-corrected chi connectivity index (χ2v) is 4.47. The Hall–Kier alpha value is -1.95. The first-order valence-corrected chi connectivity index (χ1v) is 6.31. The molecule has 1 aromatic rings. The summed E-state index contributed by atoms with van der Waals surface area (Å²) in [5, 5.41) is 14.9. The fraction of sp³-hybridized carbons (Fsp3) is 0.462. The number of benzene rings is 1. The van der Waals surface area contributed by atoms with Crippen molar-refractivity contribution in [2.45, 2.75) is 32.4 Å². The number of rotatable bonds is 6. The van der Waals surface area contributed by atoms with Crippen LogP contribution in [0.3, 0.4) is 0 Å². The van der Waals surface area contributed by atoms with Crippen molar-refractivity contribution in [3.8, 4) is 11.5 Å². The maximum atomic E-state index is 8.57. The Labute approximate surface area is 112 Å². The summed E-state index contributed by atoms with van der Waals surface area (Å²) in [6.45, 7) is 3.04. The first-order chi connectivity index (χ1) is 9.22. The summed E-state index contributed by atoms with van der Waals surface area (Å²) in [6.07, 6.45) is 1.43. The zero-order valence-electron chi connectivity index (χ0n) is 10.9. The number of amidine groups is 1. The van der Waals surface area contributed by atoms with Gasteiger partial charge < -0.3 is 25.7 Å². The molecule has 6 nitrogen and oxygen atoms in total. The van der Waals surface area contributed by atoms with E-state index in [0.717, 1.165) is 23.5 Å². The van der Waals surface area contributed by atoms with Crippen molar-refractivity contribution in [1.29, 1.82) is 0 Å². The van der Waals surface area contributed by atoms with E-state index in [2.05, 4.69) is 17.4 Å². The highest BCUT2D eigenvalue weighted by atomic mass is 16.7. The van der Waals surface area contributed by atoms with Gasteiger partial charge in [0.1, 0.15) is 5.84 Å². The molecule has 104 valence electrons. The average Bonchev–Trinajstić information content (AvgIpc) is 2.90. The van der Waals surface area contributed by atoms with E-state index in [4.69, 9.17) is 20.4 Å². The highest BCUT2D eigenvalue weighted by Gasteiger charge is 2.14. The van der Waals surface area contributed by atoms with Gasteiger partial charge in [-0.3, -0.25) is 0 Å². The van der Waals surface area contributed by atoms with Gasteiger partial charge in [-0.2, -0.15) is 0 Å². The van der Waals surface area contributed by atoms with Crippen LogP contribution in [0, 0.1) is 0 Å². The number of ether oxygens (including phenoxy) is 2. The topological polar surface area (TPSA) is 89.1 Å². The molecule has 0 saturated heterocycles. The Morgan fingerprint density at radius 2 is 2.26 bits per heavy atom. The fourth-order valence-electron chi connectivity index (χ4n) is 1.97. The monoisotopic (exact) mass is 265 g/mol. The molecular weight excluding hydrogens is 246 g/mol. The predicted molar refractivity (Wildman–Crippen MR) is 71.5 cm³/mol. The Morgan fingerprint density at radius 3 is 3.00 bits per heavy atom. The summed E-state index contributed by atoms with van der Waals surface area (Å²) in [5.41, 5.74) is 6.63.